The summed E-state index contributed by atoms with van der Waals surface area (Å²) in [5.41, 5.74) is -0.249. The molecule has 19 heavy (non-hydrogen) atoms. The van der Waals surface area contributed by atoms with Crippen LogP contribution in [0.15, 0.2) is 24.3 Å². The largest absolute Gasteiger partial charge is 0.477 e. The summed E-state index contributed by atoms with van der Waals surface area (Å²) in [6.07, 6.45) is 0. The SMILES string of the molecule is Cn1nc(-c2ccc(F)c([N+](=O)[O-])c2)cc1C(=O)O. The van der Waals surface area contributed by atoms with Crippen LogP contribution in [0.5, 0.6) is 0 Å². The number of hydrogen-bond acceptors (Lipinski definition) is 4. The third kappa shape index (κ3) is 2.28. The fourth-order valence-corrected chi connectivity index (χ4v) is 1.62. The van der Waals surface area contributed by atoms with Crippen LogP contribution in [0.3, 0.4) is 0 Å². The fourth-order valence-electron chi connectivity index (χ4n) is 1.62. The molecule has 0 bridgehead atoms. The molecule has 0 fully saturated rings. The molecule has 0 saturated heterocycles. The van der Waals surface area contributed by atoms with Crippen molar-refractivity contribution in [3.8, 4) is 11.3 Å². The summed E-state index contributed by atoms with van der Waals surface area (Å²) in [6, 6.07) is 4.53. The van der Waals surface area contributed by atoms with Gasteiger partial charge in [0.05, 0.1) is 10.6 Å². The maximum atomic E-state index is 13.2. The summed E-state index contributed by atoms with van der Waals surface area (Å²) < 4.78 is 14.3. The predicted octanol–water partition coefficient (Wildman–Crippen LogP) is 1.83. The highest BCUT2D eigenvalue weighted by atomic mass is 19.1. The van der Waals surface area contributed by atoms with Gasteiger partial charge in [-0.15, -0.1) is 0 Å². The quantitative estimate of drug-likeness (QED) is 0.674. The maximum absolute atomic E-state index is 13.2. The van der Waals surface area contributed by atoms with E-state index >= 15 is 0 Å². The Morgan fingerprint density at radius 3 is 2.68 bits per heavy atom. The van der Waals surface area contributed by atoms with Gasteiger partial charge in [-0.3, -0.25) is 14.8 Å². The molecule has 0 spiro atoms. The van der Waals surface area contributed by atoms with Gasteiger partial charge in [0.2, 0.25) is 5.82 Å². The monoisotopic (exact) mass is 265 g/mol. The summed E-state index contributed by atoms with van der Waals surface area (Å²) >= 11 is 0. The molecule has 8 heteroatoms. The first-order chi connectivity index (χ1) is 8.90. The normalized spacial score (nSPS) is 10.4. The lowest BCUT2D eigenvalue weighted by atomic mass is 10.1. The van der Waals surface area contributed by atoms with Gasteiger partial charge in [0.1, 0.15) is 5.69 Å². The van der Waals surface area contributed by atoms with E-state index in [0.29, 0.717) is 0 Å². The minimum absolute atomic E-state index is 0.0676. The van der Waals surface area contributed by atoms with Crippen LogP contribution in [0, 0.1) is 15.9 Å². The van der Waals surface area contributed by atoms with Crippen LogP contribution in [-0.2, 0) is 7.05 Å². The minimum Gasteiger partial charge on any atom is -0.477 e. The summed E-state index contributed by atoms with van der Waals surface area (Å²) in [4.78, 5) is 20.7. The average molecular weight is 265 g/mol. The standard InChI is InChI=1S/C11H8FN3O4/c1-14-10(11(16)17)5-8(13-14)6-2-3-7(12)9(4-6)15(18)19/h2-5H,1H3,(H,16,17). The van der Waals surface area contributed by atoms with Crippen LogP contribution in [0.4, 0.5) is 10.1 Å². The third-order valence-electron chi connectivity index (χ3n) is 2.54. The van der Waals surface area contributed by atoms with E-state index in [-0.39, 0.29) is 17.0 Å². The Hall–Kier alpha value is -2.77. The first-order valence-electron chi connectivity index (χ1n) is 5.12. The number of aryl methyl sites for hydroxylation is 1. The number of nitro groups is 1. The molecule has 2 rings (SSSR count). The number of aromatic carboxylic acids is 1. The number of aromatic nitrogens is 2. The van der Waals surface area contributed by atoms with Crippen molar-refractivity contribution >= 4 is 11.7 Å². The zero-order valence-electron chi connectivity index (χ0n) is 9.70. The predicted molar refractivity (Wildman–Crippen MR) is 62.2 cm³/mol. The van der Waals surface area contributed by atoms with Crippen molar-refractivity contribution in [3.05, 3.63) is 45.9 Å². The second-order valence-corrected chi connectivity index (χ2v) is 3.77. The average Bonchev–Trinajstić information content (AvgIpc) is 2.71. The van der Waals surface area contributed by atoms with Crippen LogP contribution in [0.2, 0.25) is 0 Å². The Morgan fingerprint density at radius 2 is 2.16 bits per heavy atom. The lowest BCUT2D eigenvalue weighted by Gasteiger charge is -1.98. The Bertz CT molecular complexity index is 681. The number of carboxylic acid groups (broad SMARTS) is 1. The van der Waals surface area contributed by atoms with Crippen LogP contribution in [0.1, 0.15) is 10.5 Å². The fraction of sp³-hybridized carbons (Fsp3) is 0.0909. The van der Waals surface area contributed by atoms with E-state index in [1.54, 1.807) is 0 Å². The molecular weight excluding hydrogens is 257 g/mol. The molecule has 98 valence electrons. The molecule has 1 N–H and O–H groups in total. The van der Waals surface area contributed by atoms with Gasteiger partial charge >= 0.3 is 11.7 Å². The van der Waals surface area contributed by atoms with Crippen molar-refractivity contribution in [1.29, 1.82) is 0 Å². The van der Waals surface area contributed by atoms with Gasteiger partial charge in [-0.1, -0.05) is 0 Å². The molecule has 2 aromatic rings. The van der Waals surface area contributed by atoms with Crippen LogP contribution in [-0.4, -0.2) is 25.8 Å². The van der Waals surface area contributed by atoms with Gasteiger partial charge < -0.3 is 5.11 Å². The molecule has 7 nitrogen and oxygen atoms in total. The number of halogens is 1. The van der Waals surface area contributed by atoms with Crippen molar-refractivity contribution in [2.24, 2.45) is 7.05 Å². The van der Waals surface area contributed by atoms with Gasteiger partial charge in [0.25, 0.3) is 0 Å². The number of benzene rings is 1. The molecule has 0 aliphatic heterocycles. The molecule has 0 radical (unpaired) electrons. The van der Waals surface area contributed by atoms with E-state index in [2.05, 4.69) is 5.10 Å². The van der Waals surface area contributed by atoms with Crippen molar-refractivity contribution in [2.45, 2.75) is 0 Å². The lowest BCUT2D eigenvalue weighted by Crippen LogP contribution is -2.04. The van der Waals surface area contributed by atoms with E-state index in [1.807, 2.05) is 0 Å². The number of rotatable bonds is 3. The highest BCUT2D eigenvalue weighted by molar-refractivity contribution is 5.87. The molecule has 0 aliphatic rings. The van der Waals surface area contributed by atoms with Gasteiger partial charge in [-0.25, -0.2) is 4.79 Å². The number of nitro benzene ring substituents is 1. The Morgan fingerprint density at radius 1 is 1.47 bits per heavy atom. The minimum atomic E-state index is -1.17. The summed E-state index contributed by atoms with van der Waals surface area (Å²) in [5, 5.41) is 23.4. The van der Waals surface area contributed by atoms with Gasteiger partial charge in [-0.2, -0.15) is 9.49 Å². The Labute approximate surface area is 106 Å². The molecule has 0 atom stereocenters. The van der Waals surface area contributed by atoms with Gasteiger partial charge in [-0.05, 0) is 18.2 Å². The Kier molecular flexibility index (Phi) is 2.99. The summed E-state index contributed by atoms with van der Waals surface area (Å²) in [5.74, 6) is -2.12. The van der Waals surface area contributed by atoms with Crippen LogP contribution in [0.25, 0.3) is 11.3 Å². The molecule has 0 amide bonds. The highest BCUT2D eigenvalue weighted by Crippen LogP contribution is 2.25. The van der Waals surface area contributed by atoms with E-state index in [1.165, 1.54) is 19.2 Å². The topological polar surface area (TPSA) is 98.3 Å². The van der Waals surface area contributed by atoms with Crippen molar-refractivity contribution in [3.63, 3.8) is 0 Å². The van der Waals surface area contributed by atoms with E-state index in [0.717, 1.165) is 16.8 Å². The number of nitrogens with zero attached hydrogens (tertiary/aromatic N) is 3. The Balaban J connectivity index is 2.53. The van der Waals surface area contributed by atoms with Crippen molar-refractivity contribution in [2.75, 3.05) is 0 Å². The van der Waals surface area contributed by atoms with E-state index < -0.39 is 22.4 Å². The second-order valence-electron chi connectivity index (χ2n) is 3.77. The number of carboxylic acids is 1. The molecule has 1 heterocycles. The highest BCUT2D eigenvalue weighted by Gasteiger charge is 2.18. The van der Waals surface area contributed by atoms with Crippen LogP contribution >= 0.6 is 0 Å². The summed E-state index contributed by atoms with van der Waals surface area (Å²) in [7, 11) is 1.44. The van der Waals surface area contributed by atoms with Gasteiger partial charge in [0, 0.05) is 18.7 Å². The zero-order chi connectivity index (χ0) is 14.2. The third-order valence-corrected chi connectivity index (χ3v) is 2.54. The van der Waals surface area contributed by atoms with E-state index in [4.69, 9.17) is 5.11 Å². The van der Waals surface area contributed by atoms with Crippen LogP contribution < -0.4 is 0 Å². The summed E-state index contributed by atoms with van der Waals surface area (Å²) in [6.45, 7) is 0. The first kappa shape index (κ1) is 12.7. The first-order valence-corrected chi connectivity index (χ1v) is 5.12. The lowest BCUT2D eigenvalue weighted by molar-refractivity contribution is -0.387. The van der Waals surface area contributed by atoms with Crippen molar-refractivity contribution in [1.82, 2.24) is 9.78 Å². The molecule has 0 saturated carbocycles. The number of carbonyl (C=O) groups is 1. The van der Waals surface area contributed by atoms with Gasteiger partial charge in [0.15, 0.2) is 0 Å². The van der Waals surface area contributed by atoms with Crippen molar-refractivity contribution < 1.29 is 19.2 Å². The smallest absolute Gasteiger partial charge is 0.354 e. The molecule has 1 aromatic carbocycles. The number of hydrogen-bond donors (Lipinski definition) is 1. The second kappa shape index (κ2) is 4.48. The van der Waals surface area contributed by atoms with E-state index in [9.17, 15) is 19.3 Å². The molecule has 0 unspecified atom stereocenters. The molecule has 0 aliphatic carbocycles. The maximum Gasteiger partial charge on any atom is 0.354 e. The molecule has 1 aromatic heterocycles. The molecular formula is C11H8FN3O4. The zero-order valence-corrected chi connectivity index (χ0v) is 9.70.